The Morgan fingerprint density at radius 1 is 1.11 bits per heavy atom. The molecule has 1 aliphatic carbocycles. The summed E-state index contributed by atoms with van der Waals surface area (Å²) >= 11 is 0. The van der Waals surface area contributed by atoms with Crippen molar-refractivity contribution >= 4 is 11.8 Å². The van der Waals surface area contributed by atoms with Crippen LogP contribution in [0.15, 0.2) is 48.5 Å². The van der Waals surface area contributed by atoms with Crippen LogP contribution < -0.4 is 10.1 Å². The van der Waals surface area contributed by atoms with Gasteiger partial charge in [-0.3, -0.25) is 9.59 Å². The minimum atomic E-state index is -0.175. The van der Waals surface area contributed by atoms with Crippen molar-refractivity contribution in [2.75, 3.05) is 27.2 Å². The summed E-state index contributed by atoms with van der Waals surface area (Å²) in [5.74, 6) is 0.437. The van der Waals surface area contributed by atoms with Crippen LogP contribution in [0.2, 0.25) is 0 Å². The third kappa shape index (κ3) is 4.67. The van der Waals surface area contributed by atoms with E-state index in [4.69, 9.17) is 4.74 Å². The highest BCUT2D eigenvalue weighted by Crippen LogP contribution is 2.31. The van der Waals surface area contributed by atoms with Crippen molar-refractivity contribution < 1.29 is 14.3 Å². The maximum atomic E-state index is 12.7. The van der Waals surface area contributed by atoms with Gasteiger partial charge in [-0.05, 0) is 42.5 Å². The summed E-state index contributed by atoms with van der Waals surface area (Å²) in [6, 6.07) is 15.5. The van der Waals surface area contributed by atoms with Crippen LogP contribution in [0.1, 0.15) is 40.2 Å². The van der Waals surface area contributed by atoms with Crippen LogP contribution in [0.5, 0.6) is 5.75 Å². The predicted octanol–water partition coefficient (Wildman–Crippen LogP) is 3.00. The second-order valence-corrected chi connectivity index (χ2v) is 7.07. The molecule has 0 saturated carbocycles. The van der Waals surface area contributed by atoms with Gasteiger partial charge in [-0.25, -0.2) is 0 Å². The molecule has 0 bridgehead atoms. The molecule has 0 fully saturated rings. The van der Waals surface area contributed by atoms with E-state index in [0.29, 0.717) is 23.8 Å². The van der Waals surface area contributed by atoms with Gasteiger partial charge in [0, 0.05) is 26.6 Å². The second-order valence-electron chi connectivity index (χ2n) is 7.07. The van der Waals surface area contributed by atoms with Gasteiger partial charge >= 0.3 is 0 Å². The maximum absolute atomic E-state index is 12.7. The molecular weight excluding hydrogens is 340 g/mol. The van der Waals surface area contributed by atoms with Crippen molar-refractivity contribution in [3.05, 3.63) is 65.2 Å². The zero-order valence-electron chi connectivity index (χ0n) is 15.9. The zero-order valence-corrected chi connectivity index (χ0v) is 15.9. The fourth-order valence-electron chi connectivity index (χ4n) is 3.43. The summed E-state index contributed by atoms with van der Waals surface area (Å²) < 4.78 is 5.58. The van der Waals surface area contributed by atoms with E-state index in [9.17, 15) is 9.59 Å². The number of fused-ring (bicyclic) bond motifs is 1. The minimum absolute atomic E-state index is 0.0900. The van der Waals surface area contributed by atoms with Crippen molar-refractivity contribution in [1.82, 2.24) is 10.2 Å². The van der Waals surface area contributed by atoms with Crippen molar-refractivity contribution in [1.29, 1.82) is 0 Å². The lowest BCUT2D eigenvalue weighted by Gasteiger charge is -2.25. The SMILES string of the molecule is CN(C)C(=O)COc1ccccc1C(=O)NC[C@@H]1CCCc2ccccc21. The number of aryl methyl sites for hydroxylation is 1. The molecule has 0 radical (unpaired) electrons. The lowest BCUT2D eigenvalue weighted by Crippen LogP contribution is -2.31. The summed E-state index contributed by atoms with van der Waals surface area (Å²) in [6.07, 6.45) is 3.33. The fraction of sp³-hybridized carbons (Fsp3) is 0.364. The number of amides is 2. The molecule has 2 aromatic rings. The molecule has 3 rings (SSSR count). The molecule has 1 N–H and O–H groups in total. The topological polar surface area (TPSA) is 58.6 Å². The highest BCUT2D eigenvalue weighted by Gasteiger charge is 2.21. The average molecular weight is 366 g/mol. The molecule has 0 heterocycles. The molecule has 1 atom stereocenters. The average Bonchev–Trinajstić information content (AvgIpc) is 2.70. The van der Waals surface area contributed by atoms with Crippen LogP contribution in [0.3, 0.4) is 0 Å². The third-order valence-corrected chi connectivity index (χ3v) is 4.98. The Kier molecular flexibility index (Phi) is 6.12. The summed E-state index contributed by atoms with van der Waals surface area (Å²) in [5, 5.41) is 3.05. The molecule has 0 unspecified atom stereocenters. The summed E-state index contributed by atoms with van der Waals surface area (Å²) in [6.45, 7) is 0.508. The van der Waals surface area contributed by atoms with E-state index in [2.05, 4.69) is 29.6 Å². The number of rotatable bonds is 6. The van der Waals surface area contributed by atoms with Gasteiger partial charge in [-0.2, -0.15) is 0 Å². The van der Waals surface area contributed by atoms with Gasteiger partial charge in [-0.15, -0.1) is 0 Å². The first-order chi connectivity index (χ1) is 13.1. The monoisotopic (exact) mass is 366 g/mol. The number of ether oxygens (including phenoxy) is 1. The number of nitrogens with one attached hydrogen (secondary N) is 1. The first kappa shape index (κ1) is 19.0. The summed E-state index contributed by atoms with van der Waals surface area (Å²) in [5.41, 5.74) is 3.17. The van der Waals surface area contributed by atoms with E-state index in [1.54, 1.807) is 38.4 Å². The van der Waals surface area contributed by atoms with Gasteiger partial charge in [0.05, 0.1) is 5.56 Å². The lowest BCUT2D eigenvalue weighted by atomic mass is 9.83. The van der Waals surface area contributed by atoms with E-state index in [1.807, 2.05) is 0 Å². The lowest BCUT2D eigenvalue weighted by molar-refractivity contribution is -0.130. The van der Waals surface area contributed by atoms with Gasteiger partial charge in [-0.1, -0.05) is 36.4 Å². The van der Waals surface area contributed by atoms with E-state index in [1.165, 1.54) is 16.0 Å². The zero-order chi connectivity index (χ0) is 19.2. The van der Waals surface area contributed by atoms with E-state index < -0.39 is 0 Å². The molecule has 2 aromatic carbocycles. The first-order valence-corrected chi connectivity index (χ1v) is 9.34. The normalized spacial score (nSPS) is 15.6. The standard InChI is InChI=1S/C22H26N2O3/c1-24(2)21(25)15-27-20-13-6-5-12-19(20)22(26)23-14-17-10-7-9-16-8-3-4-11-18(16)17/h3-6,8,11-13,17H,7,9-10,14-15H2,1-2H3,(H,23,26)/t17-/m0/s1. The molecule has 5 nitrogen and oxygen atoms in total. The molecular formula is C22H26N2O3. The number of hydrogen-bond acceptors (Lipinski definition) is 3. The quantitative estimate of drug-likeness (QED) is 0.855. The number of benzene rings is 2. The van der Waals surface area contributed by atoms with Crippen molar-refractivity contribution in [2.45, 2.75) is 25.2 Å². The molecule has 0 spiro atoms. The van der Waals surface area contributed by atoms with Gasteiger partial charge in [0.15, 0.2) is 6.61 Å². The fourth-order valence-corrected chi connectivity index (χ4v) is 3.43. The number of carbonyl (C=O) groups is 2. The van der Waals surface area contributed by atoms with E-state index in [-0.39, 0.29) is 18.4 Å². The molecule has 142 valence electrons. The molecule has 0 aromatic heterocycles. The van der Waals surface area contributed by atoms with Crippen molar-refractivity contribution in [3.63, 3.8) is 0 Å². The highest BCUT2D eigenvalue weighted by molar-refractivity contribution is 5.97. The predicted molar refractivity (Wildman–Crippen MR) is 105 cm³/mol. The van der Waals surface area contributed by atoms with Crippen LogP contribution in [-0.4, -0.2) is 44.0 Å². The van der Waals surface area contributed by atoms with Gasteiger partial charge < -0.3 is 15.0 Å². The van der Waals surface area contributed by atoms with Crippen molar-refractivity contribution in [2.24, 2.45) is 0 Å². The van der Waals surface area contributed by atoms with Gasteiger partial charge in [0.25, 0.3) is 11.8 Å². The van der Waals surface area contributed by atoms with Crippen LogP contribution in [0, 0.1) is 0 Å². The molecule has 1 aliphatic rings. The Hall–Kier alpha value is -2.82. The summed E-state index contributed by atoms with van der Waals surface area (Å²) in [7, 11) is 3.35. The van der Waals surface area contributed by atoms with E-state index in [0.717, 1.165) is 19.3 Å². The van der Waals surface area contributed by atoms with E-state index >= 15 is 0 Å². The van der Waals surface area contributed by atoms with Gasteiger partial charge in [0.1, 0.15) is 5.75 Å². The Bertz CT molecular complexity index is 817. The van der Waals surface area contributed by atoms with Crippen LogP contribution in [-0.2, 0) is 11.2 Å². The number of para-hydroxylation sites is 1. The Balaban J connectivity index is 1.65. The first-order valence-electron chi connectivity index (χ1n) is 9.34. The molecule has 27 heavy (non-hydrogen) atoms. The highest BCUT2D eigenvalue weighted by atomic mass is 16.5. The number of carbonyl (C=O) groups excluding carboxylic acids is 2. The maximum Gasteiger partial charge on any atom is 0.259 e. The number of likely N-dealkylation sites (N-methyl/N-ethyl adjacent to an activating group) is 1. The van der Waals surface area contributed by atoms with Crippen LogP contribution in [0.25, 0.3) is 0 Å². The number of hydrogen-bond donors (Lipinski definition) is 1. The smallest absolute Gasteiger partial charge is 0.259 e. The van der Waals surface area contributed by atoms with Crippen LogP contribution in [0.4, 0.5) is 0 Å². The molecule has 0 saturated heterocycles. The minimum Gasteiger partial charge on any atom is -0.483 e. The molecule has 0 aliphatic heterocycles. The number of nitrogens with zero attached hydrogens (tertiary/aromatic N) is 1. The molecule has 2 amide bonds. The summed E-state index contributed by atoms with van der Waals surface area (Å²) in [4.78, 5) is 25.9. The van der Waals surface area contributed by atoms with Gasteiger partial charge in [0.2, 0.25) is 0 Å². The Morgan fingerprint density at radius 2 is 1.85 bits per heavy atom. The third-order valence-electron chi connectivity index (χ3n) is 4.98. The Labute approximate surface area is 160 Å². The Morgan fingerprint density at radius 3 is 2.67 bits per heavy atom. The second kappa shape index (κ2) is 8.71. The van der Waals surface area contributed by atoms with Crippen molar-refractivity contribution in [3.8, 4) is 5.75 Å². The van der Waals surface area contributed by atoms with Crippen LogP contribution >= 0.6 is 0 Å². The largest absolute Gasteiger partial charge is 0.483 e. The molecule has 5 heteroatoms.